The number of hydrogen-bond donors (Lipinski definition) is 1. The molecule has 1 aromatic carbocycles. The zero-order chi connectivity index (χ0) is 10.3. The highest BCUT2D eigenvalue weighted by molar-refractivity contribution is 6.32. The fraction of sp³-hybridized carbons (Fsp3) is 0.364. The van der Waals surface area contributed by atoms with Gasteiger partial charge in [0.1, 0.15) is 0 Å². The third-order valence-corrected chi connectivity index (χ3v) is 3.20. The summed E-state index contributed by atoms with van der Waals surface area (Å²) in [6.07, 6.45) is 2.86. The van der Waals surface area contributed by atoms with Gasteiger partial charge < -0.3 is 5.11 Å². The fourth-order valence-corrected chi connectivity index (χ4v) is 2.33. The fourth-order valence-electron chi connectivity index (χ4n) is 2.11. The second-order valence-corrected chi connectivity index (χ2v) is 4.06. The number of benzene rings is 1. The molecular weight excluding hydrogens is 200 g/mol. The van der Waals surface area contributed by atoms with Gasteiger partial charge in [-0.05, 0) is 48.9 Å². The number of aromatic carboxylic acids is 1. The smallest absolute Gasteiger partial charge is 0.336 e. The summed E-state index contributed by atoms with van der Waals surface area (Å²) in [6, 6.07) is 1.91. The first-order valence-electron chi connectivity index (χ1n) is 4.65. The van der Waals surface area contributed by atoms with Gasteiger partial charge in [0.2, 0.25) is 0 Å². The molecule has 1 aromatic rings. The summed E-state index contributed by atoms with van der Waals surface area (Å²) < 4.78 is 0. The largest absolute Gasteiger partial charge is 0.478 e. The molecule has 0 amide bonds. The molecule has 1 aliphatic rings. The number of hydrogen-bond acceptors (Lipinski definition) is 1. The van der Waals surface area contributed by atoms with E-state index in [0.29, 0.717) is 16.1 Å². The van der Waals surface area contributed by atoms with E-state index in [2.05, 4.69) is 0 Å². The third kappa shape index (κ3) is 1.30. The first kappa shape index (κ1) is 9.53. The molecule has 3 heteroatoms. The summed E-state index contributed by atoms with van der Waals surface area (Å²) in [4.78, 5) is 11.1. The summed E-state index contributed by atoms with van der Waals surface area (Å²) in [6.45, 7) is 1.77. The lowest BCUT2D eigenvalue weighted by Crippen LogP contribution is -2.05. The minimum Gasteiger partial charge on any atom is -0.478 e. The van der Waals surface area contributed by atoms with Crippen LogP contribution >= 0.6 is 11.6 Å². The van der Waals surface area contributed by atoms with Crippen LogP contribution in [0.2, 0.25) is 5.02 Å². The molecule has 1 aliphatic carbocycles. The topological polar surface area (TPSA) is 37.3 Å². The minimum absolute atomic E-state index is 0.421. The number of carboxylic acids is 1. The number of aryl methyl sites for hydroxylation is 1. The van der Waals surface area contributed by atoms with Crippen molar-refractivity contribution in [3.05, 3.63) is 33.3 Å². The molecule has 14 heavy (non-hydrogen) atoms. The standard InChI is InChI=1S/C11H11ClO2/c1-6-9(12)5-7-3-2-4-8(7)10(6)11(13)14/h5H,2-4H2,1H3,(H,13,14). The minimum atomic E-state index is -0.858. The zero-order valence-corrected chi connectivity index (χ0v) is 8.69. The second-order valence-electron chi connectivity index (χ2n) is 3.65. The molecule has 2 nitrogen and oxygen atoms in total. The number of rotatable bonds is 1. The van der Waals surface area contributed by atoms with E-state index in [-0.39, 0.29) is 0 Å². The van der Waals surface area contributed by atoms with Crippen LogP contribution in [-0.4, -0.2) is 11.1 Å². The molecule has 0 fully saturated rings. The van der Waals surface area contributed by atoms with Crippen LogP contribution in [0.1, 0.15) is 33.5 Å². The SMILES string of the molecule is Cc1c(Cl)cc2c(c1C(=O)O)CCC2. The highest BCUT2D eigenvalue weighted by atomic mass is 35.5. The van der Waals surface area contributed by atoms with E-state index in [4.69, 9.17) is 16.7 Å². The molecule has 0 bridgehead atoms. The molecule has 0 radical (unpaired) electrons. The Balaban J connectivity index is 2.72. The van der Waals surface area contributed by atoms with Gasteiger partial charge in [0.25, 0.3) is 0 Å². The quantitative estimate of drug-likeness (QED) is 0.774. The molecule has 0 saturated heterocycles. The maximum absolute atomic E-state index is 11.1. The van der Waals surface area contributed by atoms with Gasteiger partial charge in [-0.2, -0.15) is 0 Å². The van der Waals surface area contributed by atoms with E-state index in [9.17, 15) is 4.79 Å². The summed E-state index contributed by atoms with van der Waals surface area (Å²) in [5, 5.41) is 9.67. The van der Waals surface area contributed by atoms with Crippen molar-refractivity contribution in [2.75, 3.05) is 0 Å². The molecular formula is C11H11ClO2. The molecule has 0 unspecified atom stereocenters. The second kappa shape index (κ2) is 3.28. The predicted molar refractivity (Wildman–Crippen MR) is 55.2 cm³/mol. The van der Waals surface area contributed by atoms with Crippen LogP contribution in [0.25, 0.3) is 0 Å². The van der Waals surface area contributed by atoms with Crippen molar-refractivity contribution >= 4 is 17.6 Å². The van der Waals surface area contributed by atoms with Crippen molar-refractivity contribution in [1.29, 1.82) is 0 Å². The first-order valence-corrected chi connectivity index (χ1v) is 5.03. The first-order chi connectivity index (χ1) is 6.61. The number of fused-ring (bicyclic) bond motifs is 1. The van der Waals surface area contributed by atoms with Gasteiger partial charge in [-0.1, -0.05) is 11.6 Å². The zero-order valence-electron chi connectivity index (χ0n) is 7.93. The monoisotopic (exact) mass is 210 g/mol. The van der Waals surface area contributed by atoms with Gasteiger partial charge in [-0.15, -0.1) is 0 Å². The van der Waals surface area contributed by atoms with Crippen LogP contribution in [0.3, 0.4) is 0 Å². The van der Waals surface area contributed by atoms with Crippen LogP contribution in [0.5, 0.6) is 0 Å². The van der Waals surface area contributed by atoms with Crippen molar-refractivity contribution in [1.82, 2.24) is 0 Å². The molecule has 0 heterocycles. The molecule has 74 valence electrons. The third-order valence-electron chi connectivity index (χ3n) is 2.81. The Bertz CT molecular complexity index is 410. The maximum atomic E-state index is 11.1. The predicted octanol–water partition coefficient (Wildman–Crippen LogP) is 2.84. The van der Waals surface area contributed by atoms with Crippen LogP contribution in [-0.2, 0) is 12.8 Å². The summed E-state index contributed by atoms with van der Waals surface area (Å²) >= 11 is 5.98. The Labute approximate surface area is 87.5 Å². The Morgan fingerprint density at radius 3 is 2.86 bits per heavy atom. The number of halogens is 1. The van der Waals surface area contributed by atoms with E-state index in [1.54, 1.807) is 6.92 Å². The van der Waals surface area contributed by atoms with Gasteiger partial charge in [0, 0.05) is 5.02 Å². The van der Waals surface area contributed by atoms with Crippen molar-refractivity contribution in [2.45, 2.75) is 26.2 Å². The van der Waals surface area contributed by atoms with Gasteiger partial charge >= 0.3 is 5.97 Å². The highest BCUT2D eigenvalue weighted by Gasteiger charge is 2.22. The molecule has 0 saturated carbocycles. The van der Waals surface area contributed by atoms with Gasteiger partial charge in [-0.3, -0.25) is 0 Å². The maximum Gasteiger partial charge on any atom is 0.336 e. The van der Waals surface area contributed by atoms with Crippen LogP contribution in [0, 0.1) is 6.92 Å². The van der Waals surface area contributed by atoms with Crippen molar-refractivity contribution in [3.8, 4) is 0 Å². The molecule has 0 aliphatic heterocycles. The average molecular weight is 211 g/mol. The van der Waals surface area contributed by atoms with Crippen LogP contribution in [0.4, 0.5) is 0 Å². The lowest BCUT2D eigenvalue weighted by Gasteiger charge is -2.09. The molecule has 1 N–H and O–H groups in total. The van der Waals surface area contributed by atoms with Gasteiger partial charge in [-0.25, -0.2) is 4.79 Å². The van der Waals surface area contributed by atoms with Crippen LogP contribution in [0.15, 0.2) is 6.07 Å². The Kier molecular flexibility index (Phi) is 2.23. The summed E-state index contributed by atoms with van der Waals surface area (Å²) in [5.74, 6) is -0.858. The van der Waals surface area contributed by atoms with E-state index >= 15 is 0 Å². The van der Waals surface area contributed by atoms with Crippen molar-refractivity contribution in [3.63, 3.8) is 0 Å². The lowest BCUT2D eigenvalue weighted by molar-refractivity contribution is 0.0695. The van der Waals surface area contributed by atoms with Gasteiger partial charge in [0.05, 0.1) is 5.56 Å². The Hall–Kier alpha value is -1.02. The molecule has 0 aromatic heterocycles. The highest BCUT2D eigenvalue weighted by Crippen LogP contribution is 2.32. The Morgan fingerprint density at radius 2 is 2.21 bits per heavy atom. The molecule has 2 rings (SSSR count). The Morgan fingerprint density at radius 1 is 1.50 bits per heavy atom. The van der Waals surface area contributed by atoms with E-state index in [0.717, 1.165) is 30.4 Å². The number of carbonyl (C=O) groups is 1. The average Bonchev–Trinajstić information content (AvgIpc) is 2.52. The van der Waals surface area contributed by atoms with E-state index in [1.807, 2.05) is 6.07 Å². The normalized spacial score (nSPS) is 14.1. The molecule has 0 spiro atoms. The van der Waals surface area contributed by atoms with Crippen LogP contribution < -0.4 is 0 Å². The van der Waals surface area contributed by atoms with E-state index < -0.39 is 5.97 Å². The van der Waals surface area contributed by atoms with Gasteiger partial charge in [0.15, 0.2) is 0 Å². The number of carboxylic acid groups (broad SMARTS) is 1. The summed E-state index contributed by atoms with van der Waals surface area (Å²) in [5.41, 5.74) is 3.21. The van der Waals surface area contributed by atoms with Crippen molar-refractivity contribution in [2.24, 2.45) is 0 Å². The lowest BCUT2D eigenvalue weighted by atomic mass is 9.98. The summed E-state index contributed by atoms with van der Waals surface area (Å²) in [7, 11) is 0. The van der Waals surface area contributed by atoms with E-state index in [1.165, 1.54) is 0 Å². The van der Waals surface area contributed by atoms with Crippen molar-refractivity contribution < 1.29 is 9.90 Å². The molecule has 0 atom stereocenters.